The number of hydrogen-bond donors (Lipinski definition) is 2. The Kier molecular flexibility index (Phi) is 3.31. The van der Waals surface area contributed by atoms with Crippen LogP contribution in [0.1, 0.15) is 16.1 Å². The maximum absolute atomic E-state index is 4.37. The maximum atomic E-state index is 4.37. The predicted molar refractivity (Wildman–Crippen MR) is 96.4 cm³/mol. The molecule has 0 unspecified atom stereocenters. The van der Waals surface area contributed by atoms with Crippen molar-refractivity contribution in [2.24, 2.45) is 5.10 Å². The van der Waals surface area contributed by atoms with Crippen LogP contribution in [-0.4, -0.2) is 21.2 Å². The maximum Gasteiger partial charge on any atom is 0.158 e. The highest BCUT2D eigenvalue weighted by Crippen LogP contribution is 2.27. The van der Waals surface area contributed by atoms with Gasteiger partial charge in [-0.25, -0.2) is 9.97 Å². The van der Waals surface area contributed by atoms with Gasteiger partial charge in [0.2, 0.25) is 0 Å². The third-order valence-corrected chi connectivity index (χ3v) is 4.72. The summed E-state index contributed by atoms with van der Waals surface area (Å²) in [6, 6.07) is 10.3. The first-order valence-corrected chi connectivity index (χ1v) is 8.11. The van der Waals surface area contributed by atoms with E-state index < -0.39 is 0 Å². The normalized spacial score (nSPS) is 11.7. The molecule has 0 spiro atoms. The lowest BCUT2D eigenvalue weighted by atomic mass is 10.1. The number of aryl methyl sites for hydroxylation is 2. The Labute approximate surface area is 137 Å². The molecule has 114 valence electrons. The van der Waals surface area contributed by atoms with E-state index >= 15 is 0 Å². The number of nitrogens with one attached hydrogen (secondary N) is 2. The number of aromatic nitrogens is 3. The van der Waals surface area contributed by atoms with Crippen LogP contribution < -0.4 is 5.43 Å². The molecule has 0 aliphatic heterocycles. The molecule has 1 aromatic carbocycles. The molecule has 3 heterocycles. The summed E-state index contributed by atoms with van der Waals surface area (Å²) in [5, 5.41) is 6.54. The van der Waals surface area contributed by atoms with Crippen LogP contribution >= 0.6 is 11.3 Å². The van der Waals surface area contributed by atoms with E-state index in [0.717, 1.165) is 38.2 Å². The Hall–Kier alpha value is -2.73. The Balaban J connectivity index is 1.67. The Morgan fingerprint density at radius 3 is 2.96 bits per heavy atom. The molecule has 0 bridgehead atoms. The highest BCUT2D eigenvalue weighted by molar-refractivity contribution is 7.18. The van der Waals surface area contributed by atoms with Gasteiger partial charge in [-0.1, -0.05) is 18.2 Å². The number of rotatable bonds is 3. The van der Waals surface area contributed by atoms with E-state index in [1.807, 2.05) is 25.3 Å². The molecule has 0 saturated heterocycles. The quantitative estimate of drug-likeness (QED) is 0.438. The van der Waals surface area contributed by atoms with Gasteiger partial charge in [0.1, 0.15) is 11.2 Å². The molecule has 5 nitrogen and oxygen atoms in total. The second-order valence-corrected chi connectivity index (χ2v) is 6.61. The third kappa shape index (κ3) is 2.47. The molecule has 0 amide bonds. The van der Waals surface area contributed by atoms with Crippen LogP contribution in [0.2, 0.25) is 0 Å². The van der Waals surface area contributed by atoms with Gasteiger partial charge in [-0.15, -0.1) is 11.3 Å². The summed E-state index contributed by atoms with van der Waals surface area (Å²) in [4.78, 5) is 14.1. The topological polar surface area (TPSA) is 66.0 Å². The first kappa shape index (κ1) is 13.9. The number of anilines is 1. The van der Waals surface area contributed by atoms with Crippen LogP contribution in [0.3, 0.4) is 0 Å². The average Bonchev–Trinajstić information content (AvgIpc) is 3.07. The minimum Gasteiger partial charge on any atom is -0.358 e. The van der Waals surface area contributed by atoms with Gasteiger partial charge in [0, 0.05) is 27.0 Å². The monoisotopic (exact) mass is 321 g/mol. The van der Waals surface area contributed by atoms with Crippen molar-refractivity contribution < 1.29 is 0 Å². The SMILES string of the molecule is Cc1cc2c(N/N=C/c3c(C)[nH]c4ccccc34)ncnc2s1. The molecule has 3 aromatic heterocycles. The summed E-state index contributed by atoms with van der Waals surface area (Å²) in [5.74, 6) is 0.730. The molecule has 6 heteroatoms. The van der Waals surface area contributed by atoms with Crippen LogP contribution in [0.4, 0.5) is 5.82 Å². The van der Waals surface area contributed by atoms with E-state index in [1.54, 1.807) is 17.7 Å². The molecular formula is C17H15N5S. The van der Waals surface area contributed by atoms with E-state index in [0.29, 0.717) is 0 Å². The zero-order valence-electron chi connectivity index (χ0n) is 12.8. The van der Waals surface area contributed by atoms with Crippen LogP contribution in [0.5, 0.6) is 0 Å². The van der Waals surface area contributed by atoms with Crippen molar-refractivity contribution in [1.82, 2.24) is 15.0 Å². The third-order valence-electron chi connectivity index (χ3n) is 3.76. The van der Waals surface area contributed by atoms with Gasteiger partial charge in [-0.3, -0.25) is 5.43 Å². The lowest BCUT2D eigenvalue weighted by molar-refractivity contribution is 1.19. The number of thiophene rings is 1. The Morgan fingerprint density at radius 1 is 1.17 bits per heavy atom. The standard InChI is InChI=1S/C17H15N5S/c1-10-7-13-16(18-9-19-17(13)23-10)22-20-8-14-11(2)21-15-6-4-3-5-12(14)15/h3-9,21H,1-2H3,(H,18,19,22)/b20-8+. The summed E-state index contributed by atoms with van der Waals surface area (Å²) < 4.78 is 0. The van der Waals surface area contributed by atoms with Crippen molar-refractivity contribution in [3.8, 4) is 0 Å². The number of aromatic amines is 1. The summed E-state index contributed by atoms with van der Waals surface area (Å²) in [6.45, 7) is 4.11. The van der Waals surface area contributed by atoms with Crippen molar-refractivity contribution in [2.45, 2.75) is 13.8 Å². The molecule has 0 radical (unpaired) electrons. The molecule has 0 saturated carbocycles. The van der Waals surface area contributed by atoms with Crippen LogP contribution in [0.25, 0.3) is 21.1 Å². The fourth-order valence-electron chi connectivity index (χ4n) is 2.69. The molecule has 0 aliphatic rings. The number of benzene rings is 1. The highest BCUT2D eigenvalue weighted by Gasteiger charge is 2.07. The van der Waals surface area contributed by atoms with Crippen LogP contribution in [0, 0.1) is 13.8 Å². The van der Waals surface area contributed by atoms with E-state index in [4.69, 9.17) is 0 Å². The number of para-hydroxylation sites is 1. The number of hydrogen-bond acceptors (Lipinski definition) is 5. The summed E-state index contributed by atoms with van der Waals surface area (Å²) in [7, 11) is 0. The Morgan fingerprint density at radius 2 is 2.04 bits per heavy atom. The van der Waals surface area contributed by atoms with Crippen molar-refractivity contribution >= 4 is 44.5 Å². The Bertz CT molecular complexity index is 1030. The zero-order chi connectivity index (χ0) is 15.8. The van der Waals surface area contributed by atoms with Crippen molar-refractivity contribution in [3.63, 3.8) is 0 Å². The van der Waals surface area contributed by atoms with Gasteiger partial charge < -0.3 is 4.98 Å². The number of nitrogens with zero attached hydrogens (tertiary/aromatic N) is 3. The van der Waals surface area contributed by atoms with E-state index in [1.165, 1.54) is 4.88 Å². The largest absolute Gasteiger partial charge is 0.358 e. The van der Waals surface area contributed by atoms with Gasteiger partial charge in [0.25, 0.3) is 0 Å². The summed E-state index contributed by atoms with van der Waals surface area (Å²) >= 11 is 1.65. The second kappa shape index (κ2) is 5.48. The zero-order valence-corrected chi connectivity index (χ0v) is 13.6. The summed E-state index contributed by atoms with van der Waals surface area (Å²) in [5.41, 5.74) is 6.33. The van der Waals surface area contributed by atoms with Gasteiger partial charge >= 0.3 is 0 Å². The molecule has 4 rings (SSSR count). The minimum absolute atomic E-state index is 0.730. The number of fused-ring (bicyclic) bond motifs is 2. The summed E-state index contributed by atoms with van der Waals surface area (Å²) in [6.07, 6.45) is 3.40. The van der Waals surface area contributed by atoms with E-state index in [-0.39, 0.29) is 0 Å². The molecule has 0 fully saturated rings. The van der Waals surface area contributed by atoms with E-state index in [2.05, 4.69) is 50.6 Å². The van der Waals surface area contributed by atoms with Crippen LogP contribution in [0.15, 0.2) is 41.8 Å². The molecule has 0 aliphatic carbocycles. The number of hydrazone groups is 1. The fourth-order valence-corrected chi connectivity index (χ4v) is 3.53. The second-order valence-electron chi connectivity index (χ2n) is 5.38. The van der Waals surface area contributed by atoms with Crippen molar-refractivity contribution in [3.05, 3.63) is 52.8 Å². The lowest BCUT2D eigenvalue weighted by Gasteiger charge is -2.00. The van der Waals surface area contributed by atoms with Gasteiger partial charge in [-0.05, 0) is 26.0 Å². The van der Waals surface area contributed by atoms with E-state index in [9.17, 15) is 0 Å². The lowest BCUT2D eigenvalue weighted by Crippen LogP contribution is -1.95. The first-order chi connectivity index (χ1) is 11.2. The first-order valence-electron chi connectivity index (χ1n) is 7.30. The fraction of sp³-hybridized carbons (Fsp3) is 0.118. The van der Waals surface area contributed by atoms with Crippen molar-refractivity contribution in [1.29, 1.82) is 0 Å². The minimum atomic E-state index is 0.730. The predicted octanol–water partition coefficient (Wildman–Crippen LogP) is 4.24. The number of H-pyrrole nitrogens is 1. The molecule has 23 heavy (non-hydrogen) atoms. The van der Waals surface area contributed by atoms with Gasteiger partial charge in [-0.2, -0.15) is 5.10 Å². The smallest absolute Gasteiger partial charge is 0.158 e. The average molecular weight is 321 g/mol. The molecule has 4 aromatic rings. The van der Waals surface area contributed by atoms with Crippen molar-refractivity contribution in [2.75, 3.05) is 5.43 Å². The van der Waals surface area contributed by atoms with Gasteiger partial charge in [0.05, 0.1) is 11.6 Å². The molecule has 2 N–H and O–H groups in total. The molecule has 0 atom stereocenters. The van der Waals surface area contributed by atoms with Crippen LogP contribution in [-0.2, 0) is 0 Å². The molecular weight excluding hydrogens is 306 g/mol. The highest BCUT2D eigenvalue weighted by atomic mass is 32.1. The van der Waals surface area contributed by atoms with Gasteiger partial charge in [0.15, 0.2) is 5.82 Å².